The van der Waals surface area contributed by atoms with Crippen LogP contribution in [0.3, 0.4) is 0 Å². The Hall–Kier alpha value is -3.23. The van der Waals surface area contributed by atoms with E-state index in [1.165, 1.54) is 28.0 Å². The van der Waals surface area contributed by atoms with Crippen LogP contribution in [0.15, 0.2) is 47.8 Å². The molecule has 36 heavy (non-hydrogen) atoms. The number of para-hydroxylation sites is 1. The third kappa shape index (κ3) is 5.94. The number of carbonyl (C=O) groups is 2. The molecule has 0 spiro atoms. The lowest BCUT2D eigenvalue weighted by atomic mass is 9.99. The molecule has 0 radical (unpaired) electrons. The molecule has 8 heteroatoms. The molecule has 1 fully saturated rings. The molecule has 0 saturated carbocycles. The van der Waals surface area contributed by atoms with Gasteiger partial charge < -0.3 is 20.1 Å². The van der Waals surface area contributed by atoms with Crippen molar-refractivity contribution in [3.63, 3.8) is 0 Å². The highest BCUT2D eigenvalue weighted by atomic mass is 32.1. The number of likely N-dealkylation sites (tertiary alicyclic amines) is 1. The number of aromatic nitrogens is 1. The van der Waals surface area contributed by atoms with Crippen LogP contribution in [0.2, 0.25) is 0 Å². The molecule has 2 N–H and O–H groups in total. The van der Waals surface area contributed by atoms with Crippen molar-refractivity contribution in [1.82, 2.24) is 15.2 Å². The van der Waals surface area contributed by atoms with Crippen LogP contribution in [0.1, 0.15) is 58.3 Å². The lowest BCUT2D eigenvalue weighted by Gasteiger charge is -2.28. The summed E-state index contributed by atoms with van der Waals surface area (Å²) in [4.78, 5) is 31.8. The molecule has 1 unspecified atom stereocenters. The lowest BCUT2D eigenvalue weighted by Crippen LogP contribution is -2.41. The zero-order valence-electron chi connectivity index (χ0n) is 21.0. The number of nitrogens with zero attached hydrogens (tertiary/aromatic N) is 2. The van der Waals surface area contributed by atoms with Gasteiger partial charge in [0, 0.05) is 23.9 Å². The van der Waals surface area contributed by atoms with Crippen molar-refractivity contribution in [2.24, 2.45) is 0 Å². The summed E-state index contributed by atoms with van der Waals surface area (Å²) in [5.74, 6) is -0.0890. The number of benzene rings is 2. The molecule has 0 aliphatic carbocycles. The molecule has 1 saturated heterocycles. The minimum absolute atomic E-state index is 0.169. The Morgan fingerprint density at radius 3 is 2.69 bits per heavy atom. The second-order valence-electron chi connectivity index (χ2n) is 9.21. The summed E-state index contributed by atoms with van der Waals surface area (Å²) in [6.45, 7) is 5.01. The molecule has 2 heterocycles. The van der Waals surface area contributed by atoms with E-state index in [4.69, 9.17) is 4.74 Å². The fraction of sp³-hybridized carbons (Fsp3) is 0.393. The number of rotatable bonds is 9. The summed E-state index contributed by atoms with van der Waals surface area (Å²) in [5.41, 5.74) is 5.63. The molecular weight excluding hydrogens is 474 g/mol. The standard InChI is InChI=1S/C28H33N3O4S/c1-18-8-6-9-19(2)22(18)14-20-17-36-27(30-20)16-29-26(33)15-24(32)28(34)31-13-7-11-23(31)21-10-4-5-12-25(21)35-3/h4-6,8-10,12,17,23-24,32H,7,11,13-16H2,1-3H3,(H,29,33)/t23?,24-/m1/s1. The first-order valence-electron chi connectivity index (χ1n) is 12.2. The lowest BCUT2D eigenvalue weighted by molar-refractivity contribution is -0.144. The summed E-state index contributed by atoms with van der Waals surface area (Å²) in [7, 11) is 1.61. The predicted octanol–water partition coefficient (Wildman–Crippen LogP) is 4.09. The first-order chi connectivity index (χ1) is 17.4. The highest BCUT2D eigenvalue weighted by molar-refractivity contribution is 7.09. The number of thiazole rings is 1. The first kappa shape index (κ1) is 25.9. The fourth-order valence-electron chi connectivity index (χ4n) is 4.82. The van der Waals surface area contributed by atoms with Crippen LogP contribution in [0.4, 0.5) is 0 Å². The number of hydrogen-bond acceptors (Lipinski definition) is 6. The van der Waals surface area contributed by atoms with Gasteiger partial charge >= 0.3 is 0 Å². The Bertz CT molecular complexity index is 1200. The second-order valence-corrected chi connectivity index (χ2v) is 10.2. The maximum Gasteiger partial charge on any atom is 0.252 e. The molecule has 3 aromatic rings. The zero-order valence-corrected chi connectivity index (χ0v) is 21.8. The number of amides is 2. The summed E-state index contributed by atoms with van der Waals surface area (Å²) >= 11 is 1.49. The van der Waals surface area contributed by atoms with Gasteiger partial charge in [-0.05, 0) is 49.4 Å². The van der Waals surface area contributed by atoms with Crippen molar-refractivity contribution in [1.29, 1.82) is 0 Å². The number of nitrogens with one attached hydrogen (secondary N) is 1. The van der Waals surface area contributed by atoms with Crippen molar-refractivity contribution < 1.29 is 19.4 Å². The largest absolute Gasteiger partial charge is 0.496 e. The molecule has 2 aromatic carbocycles. The highest BCUT2D eigenvalue weighted by Crippen LogP contribution is 2.37. The third-order valence-corrected chi connectivity index (χ3v) is 7.63. The summed E-state index contributed by atoms with van der Waals surface area (Å²) in [6.07, 6.45) is 0.700. The van der Waals surface area contributed by atoms with Crippen LogP contribution in [0, 0.1) is 13.8 Å². The van der Waals surface area contributed by atoms with Crippen LogP contribution in [0.25, 0.3) is 0 Å². The highest BCUT2D eigenvalue weighted by Gasteiger charge is 2.35. The molecule has 7 nitrogen and oxygen atoms in total. The van der Waals surface area contributed by atoms with E-state index in [9.17, 15) is 14.7 Å². The Labute approximate surface area is 216 Å². The number of aryl methyl sites for hydroxylation is 2. The number of hydrogen-bond donors (Lipinski definition) is 2. The van der Waals surface area contributed by atoms with Gasteiger partial charge in [0.05, 0.1) is 31.8 Å². The van der Waals surface area contributed by atoms with E-state index in [2.05, 4.69) is 42.3 Å². The quantitative estimate of drug-likeness (QED) is 0.455. The average Bonchev–Trinajstić information content (AvgIpc) is 3.54. The number of carbonyl (C=O) groups excluding carboxylic acids is 2. The van der Waals surface area contributed by atoms with Gasteiger partial charge in [0.2, 0.25) is 5.91 Å². The second kappa shape index (κ2) is 11.7. The summed E-state index contributed by atoms with van der Waals surface area (Å²) in [5, 5.41) is 16.2. The topological polar surface area (TPSA) is 91.8 Å². The van der Waals surface area contributed by atoms with E-state index in [1.807, 2.05) is 29.6 Å². The molecule has 2 atom stereocenters. The van der Waals surface area contributed by atoms with Crippen molar-refractivity contribution in [2.75, 3.05) is 13.7 Å². The van der Waals surface area contributed by atoms with Gasteiger partial charge in [-0.2, -0.15) is 0 Å². The van der Waals surface area contributed by atoms with Gasteiger partial charge in [-0.3, -0.25) is 9.59 Å². The van der Waals surface area contributed by atoms with Gasteiger partial charge in [-0.1, -0.05) is 36.4 Å². The van der Waals surface area contributed by atoms with Crippen LogP contribution in [0.5, 0.6) is 5.75 Å². The summed E-state index contributed by atoms with van der Waals surface area (Å²) < 4.78 is 5.46. The Morgan fingerprint density at radius 1 is 1.19 bits per heavy atom. The van der Waals surface area contributed by atoms with E-state index in [1.54, 1.807) is 12.0 Å². The van der Waals surface area contributed by atoms with Gasteiger partial charge in [0.1, 0.15) is 16.9 Å². The number of aliphatic hydroxyl groups excluding tert-OH is 1. The minimum atomic E-state index is -1.39. The van der Waals surface area contributed by atoms with Crippen LogP contribution >= 0.6 is 11.3 Å². The van der Waals surface area contributed by atoms with Gasteiger partial charge in [0.25, 0.3) is 5.91 Å². The fourth-order valence-corrected chi connectivity index (χ4v) is 5.55. The molecule has 1 aliphatic heterocycles. The number of methoxy groups -OCH3 is 1. The maximum atomic E-state index is 13.0. The molecule has 1 aromatic heterocycles. The Kier molecular flexibility index (Phi) is 8.38. The number of ether oxygens (including phenoxy) is 1. The van der Waals surface area contributed by atoms with Gasteiger partial charge in [-0.25, -0.2) is 4.98 Å². The Morgan fingerprint density at radius 2 is 1.94 bits per heavy atom. The van der Waals surface area contributed by atoms with Crippen molar-refractivity contribution >= 4 is 23.2 Å². The molecule has 2 amide bonds. The van der Waals surface area contributed by atoms with E-state index < -0.39 is 12.0 Å². The smallest absolute Gasteiger partial charge is 0.252 e. The zero-order chi connectivity index (χ0) is 25.7. The molecule has 4 rings (SSSR count). The predicted molar refractivity (Wildman–Crippen MR) is 140 cm³/mol. The third-order valence-electron chi connectivity index (χ3n) is 6.74. The van der Waals surface area contributed by atoms with E-state index in [0.29, 0.717) is 6.54 Å². The summed E-state index contributed by atoms with van der Waals surface area (Å²) in [6, 6.07) is 13.7. The average molecular weight is 508 g/mol. The van der Waals surface area contributed by atoms with Gasteiger partial charge in [-0.15, -0.1) is 11.3 Å². The maximum absolute atomic E-state index is 13.0. The monoisotopic (exact) mass is 507 g/mol. The van der Waals surface area contributed by atoms with E-state index >= 15 is 0 Å². The van der Waals surface area contributed by atoms with E-state index in [0.717, 1.165) is 41.3 Å². The SMILES string of the molecule is COc1ccccc1C1CCCN1C(=O)[C@H](O)CC(=O)NCc1nc(Cc2c(C)cccc2C)cs1. The number of aliphatic hydroxyl groups is 1. The molecule has 0 bridgehead atoms. The van der Waals surface area contributed by atoms with Crippen molar-refractivity contribution in [3.8, 4) is 5.75 Å². The van der Waals surface area contributed by atoms with Crippen molar-refractivity contribution in [3.05, 3.63) is 80.8 Å². The van der Waals surface area contributed by atoms with Crippen LogP contribution < -0.4 is 10.1 Å². The molecule has 190 valence electrons. The normalized spacial score (nSPS) is 16.1. The molecular formula is C28H33N3O4S. The van der Waals surface area contributed by atoms with Crippen LogP contribution in [-0.2, 0) is 22.6 Å². The van der Waals surface area contributed by atoms with Gasteiger partial charge in [0.15, 0.2) is 0 Å². The van der Waals surface area contributed by atoms with Crippen LogP contribution in [-0.4, -0.2) is 46.6 Å². The minimum Gasteiger partial charge on any atom is -0.496 e. The Balaban J connectivity index is 1.30. The first-order valence-corrected chi connectivity index (χ1v) is 13.1. The molecule has 1 aliphatic rings. The van der Waals surface area contributed by atoms with E-state index in [-0.39, 0.29) is 24.9 Å². The van der Waals surface area contributed by atoms with Crippen molar-refractivity contribution in [2.45, 2.75) is 58.2 Å².